The van der Waals surface area contributed by atoms with Crippen LogP contribution in [-0.4, -0.2) is 6.61 Å². The molecule has 0 saturated carbocycles. The molecule has 1 heterocycles. The quantitative estimate of drug-likeness (QED) is 0.658. The van der Waals surface area contributed by atoms with Gasteiger partial charge >= 0.3 is 0 Å². The fourth-order valence-electron chi connectivity index (χ4n) is 1.99. The second-order valence-corrected chi connectivity index (χ2v) is 3.66. The van der Waals surface area contributed by atoms with E-state index < -0.39 is 0 Å². The van der Waals surface area contributed by atoms with Crippen molar-refractivity contribution in [3.8, 4) is 0 Å². The number of nitrogens with two attached hydrogens (primary N) is 1. The monoisotopic (exact) mass is 177 g/mol. The Hall–Kier alpha value is -0.860. The lowest BCUT2D eigenvalue weighted by Gasteiger charge is -2.29. The molecule has 0 bridgehead atoms. The molecule has 0 fully saturated rings. The molecule has 2 rings (SSSR count). The van der Waals surface area contributed by atoms with E-state index in [1.54, 1.807) is 0 Å². The van der Waals surface area contributed by atoms with Crippen LogP contribution in [0.25, 0.3) is 0 Å². The van der Waals surface area contributed by atoms with Crippen molar-refractivity contribution < 1.29 is 4.74 Å². The van der Waals surface area contributed by atoms with Gasteiger partial charge in [-0.2, -0.15) is 0 Å². The first kappa shape index (κ1) is 8.73. The summed E-state index contributed by atoms with van der Waals surface area (Å²) < 4.78 is 5.55. The van der Waals surface area contributed by atoms with Gasteiger partial charge in [-0.3, -0.25) is 0 Å². The van der Waals surface area contributed by atoms with Crippen molar-refractivity contribution >= 4 is 0 Å². The topological polar surface area (TPSA) is 35.2 Å². The molecule has 2 atom stereocenters. The number of ether oxygens (including phenoxy) is 1. The summed E-state index contributed by atoms with van der Waals surface area (Å²) in [5, 5.41) is 0. The molecule has 1 aliphatic heterocycles. The minimum Gasteiger partial charge on any atom is -0.372 e. The van der Waals surface area contributed by atoms with Gasteiger partial charge in [-0.1, -0.05) is 18.2 Å². The lowest BCUT2D eigenvalue weighted by molar-refractivity contribution is 0.0405. The van der Waals surface area contributed by atoms with Crippen LogP contribution >= 0.6 is 0 Å². The van der Waals surface area contributed by atoms with Gasteiger partial charge in [0.25, 0.3) is 0 Å². The molecule has 0 saturated heterocycles. The van der Waals surface area contributed by atoms with Gasteiger partial charge in [0, 0.05) is 0 Å². The van der Waals surface area contributed by atoms with Crippen LogP contribution in [-0.2, 0) is 4.74 Å². The fourth-order valence-corrected chi connectivity index (χ4v) is 1.99. The lowest BCUT2D eigenvalue weighted by atomic mass is 9.91. The molecule has 2 nitrogen and oxygen atoms in total. The van der Waals surface area contributed by atoms with Gasteiger partial charge in [0.05, 0.1) is 18.8 Å². The summed E-state index contributed by atoms with van der Waals surface area (Å²) in [7, 11) is 0. The van der Waals surface area contributed by atoms with Gasteiger partial charge in [0.2, 0.25) is 0 Å². The second kappa shape index (κ2) is 3.13. The van der Waals surface area contributed by atoms with Crippen molar-refractivity contribution in [2.75, 3.05) is 6.61 Å². The minimum absolute atomic E-state index is 0.0485. The molecular formula is C11H15NO. The molecule has 13 heavy (non-hydrogen) atoms. The highest BCUT2D eigenvalue weighted by Gasteiger charge is 2.23. The Bertz CT molecular complexity index is 322. The van der Waals surface area contributed by atoms with Gasteiger partial charge < -0.3 is 10.5 Å². The number of rotatable bonds is 0. The van der Waals surface area contributed by atoms with Crippen LogP contribution in [0.4, 0.5) is 0 Å². The molecular weight excluding hydrogens is 162 g/mol. The van der Waals surface area contributed by atoms with Crippen LogP contribution in [0.1, 0.15) is 35.8 Å². The molecule has 1 aliphatic rings. The third kappa shape index (κ3) is 1.36. The molecule has 0 spiro atoms. The van der Waals surface area contributed by atoms with E-state index in [1.165, 1.54) is 16.7 Å². The average Bonchev–Trinajstić information content (AvgIpc) is 2.12. The van der Waals surface area contributed by atoms with E-state index in [9.17, 15) is 0 Å². The molecule has 2 heteroatoms. The summed E-state index contributed by atoms with van der Waals surface area (Å²) in [6.07, 6.45) is 0.190. The van der Waals surface area contributed by atoms with Crippen molar-refractivity contribution in [1.82, 2.24) is 0 Å². The largest absolute Gasteiger partial charge is 0.372 e. The Balaban J connectivity index is 2.56. The Kier molecular flexibility index (Phi) is 2.10. The standard InChI is InChI=1S/C11H15NO/c1-7-4-3-5-9-8(2)13-6-10(12)11(7)9/h3-5,8,10H,6,12H2,1-2H3/t8-,10?/m0/s1. The fraction of sp³-hybridized carbons (Fsp3) is 0.455. The normalized spacial score (nSPS) is 27.0. The molecule has 0 radical (unpaired) electrons. The number of hydrogen-bond donors (Lipinski definition) is 1. The Morgan fingerprint density at radius 1 is 1.46 bits per heavy atom. The van der Waals surface area contributed by atoms with Crippen LogP contribution in [0.3, 0.4) is 0 Å². The minimum atomic E-state index is 0.0485. The molecule has 0 aliphatic carbocycles. The number of fused-ring (bicyclic) bond motifs is 1. The highest BCUT2D eigenvalue weighted by molar-refractivity contribution is 5.39. The van der Waals surface area contributed by atoms with E-state index in [0.29, 0.717) is 6.61 Å². The van der Waals surface area contributed by atoms with E-state index in [1.807, 2.05) is 0 Å². The zero-order valence-corrected chi connectivity index (χ0v) is 8.08. The van der Waals surface area contributed by atoms with Gasteiger partial charge in [0.15, 0.2) is 0 Å². The first-order valence-electron chi connectivity index (χ1n) is 4.66. The average molecular weight is 177 g/mol. The van der Waals surface area contributed by atoms with Crippen LogP contribution in [0.5, 0.6) is 0 Å². The van der Waals surface area contributed by atoms with Crippen molar-refractivity contribution in [2.45, 2.75) is 26.0 Å². The van der Waals surface area contributed by atoms with Crippen molar-refractivity contribution in [3.05, 3.63) is 34.9 Å². The first-order chi connectivity index (χ1) is 6.20. The maximum absolute atomic E-state index is 5.98. The smallest absolute Gasteiger partial charge is 0.0801 e. The van der Waals surface area contributed by atoms with E-state index in [0.717, 1.165) is 0 Å². The molecule has 70 valence electrons. The number of aryl methyl sites for hydroxylation is 1. The zero-order valence-electron chi connectivity index (χ0n) is 8.08. The summed E-state index contributed by atoms with van der Waals surface area (Å²) in [6, 6.07) is 6.32. The second-order valence-electron chi connectivity index (χ2n) is 3.66. The van der Waals surface area contributed by atoms with Crippen LogP contribution < -0.4 is 5.73 Å². The maximum atomic E-state index is 5.98. The van der Waals surface area contributed by atoms with Crippen molar-refractivity contribution in [3.63, 3.8) is 0 Å². The van der Waals surface area contributed by atoms with Crippen molar-refractivity contribution in [2.24, 2.45) is 5.73 Å². The van der Waals surface area contributed by atoms with Crippen LogP contribution in [0.15, 0.2) is 18.2 Å². The predicted molar refractivity (Wildman–Crippen MR) is 52.5 cm³/mol. The highest BCUT2D eigenvalue weighted by Crippen LogP contribution is 2.32. The van der Waals surface area contributed by atoms with E-state index in [2.05, 4.69) is 32.0 Å². The molecule has 1 aromatic carbocycles. The van der Waals surface area contributed by atoms with Crippen molar-refractivity contribution in [1.29, 1.82) is 0 Å². The molecule has 1 unspecified atom stereocenters. The first-order valence-corrected chi connectivity index (χ1v) is 4.66. The third-order valence-electron chi connectivity index (χ3n) is 2.69. The summed E-state index contributed by atoms with van der Waals surface area (Å²) in [4.78, 5) is 0. The van der Waals surface area contributed by atoms with E-state index in [4.69, 9.17) is 10.5 Å². The SMILES string of the molecule is Cc1cccc2c1C(N)CO[C@H]2C. The molecule has 0 amide bonds. The van der Waals surface area contributed by atoms with Crippen LogP contribution in [0.2, 0.25) is 0 Å². The van der Waals surface area contributed by atoms with Gasteiger partial charge in [0.1, 0.15) is 0 Å². The Morgan fingerprint density at radius 2 is 2.23 bits per heavy atom. The van der Waals surface area contributed by atoms with Gasteiger partial charge in [-0.25, -0.2) is 0 Å². The summed E-state index contributed by atoms with van der Waals surface area (Å²) in [5.41, 5.74) is 9.79. The number of benzene rings is 1. The lowest BCUT2D eigenvalue weighted by Crippen LogP contribution is -2.26. The van der Waals surface area contributed by atoms with Gasteiger partial charge in [-0.05, 0) is 30.5 Å². The van der Waals surface area contributed by atoms with E-state index in [-0.39, 0.29) is 12.1 Å². The molecule has 1 aromatic rings. The predicted octanol–water partition coefficient (Wildman–Crippen LogP) is 2.09. The summed E-state index contributed by atoms with van der Waals surface area (Å²) >= 11 is 0. The Labute approximate surface area is 78.7 Å². The Morgan fingerprint density at radius 3 is 2.92 bits per heavy atom. The molecule has 0 aromatic heterocycles. The number of hydrogen-bond acceptors (Lipinski definition) is 2. The summed E-state index contributed by atoms with van der Waals surface area (Å²) in [5.74, 6) is 0. The zero-order chi connectivity index (χ0) is 9.42. The van der Waals surface area contributed by atoms with Crippen LogP contribution in [0, 0.1) is 6.92 Å². The maximum Gasteiger partial charge on any atom is 0.0801 e. The molecule has 2 N–H and O–H groups in total. The summed E-state index contributed by atoms with van der Waals surface area (Å²) in [6.45, 7) is 4.82. The van der Waals surface area contributed by atoms with E-state index >= 15 is 0 Å². The highest BCUT2D eigenvalue weighted by atomic mass is 16.5. The van der Waals surface area contributed by atoms with Gasteiger partial charge in [-0.15, -0.1) is 0 Å². The third-order valence-corrected chi connectivity index (χ3v) is 2.69.